The molecule has 0 atom stereocenters. The Hall–Kier alpha value is -1.87. The fourth-order valence-corrected chi connectivity index (χ4v) is 2.99. The van der Waals surface area contributed by atoms with Crippen molar-refractivity contribution in [2.45, 2.75) is 37.6 Å². The van der Waals surface area contributed by atoms with Crippen molar-refractivity contribution in [1.82, 2.24) is 5.32 Å². The number of nitriles is 1. The van der Waals surface area contributed by atoms with Gasteiger partial charge in [-0.2, -0.15) is 5.26 Å². The largest absolute Gasteiger partial charge is 0.483 e. The van der Waals surface area contributed by atoms with Gasteiger partial charge in [-0.3, -0.25) is 9.59 Å². The van der Waals surface area contributed by atoms with Gasteiger partial charge in [0.2, 0.25) is 0 Å². The minimum atomic E-state index is -0.772. The molecule has 0 saturated heterocycles. The lowest BCUT2D eigenvalue weighted by Gasteiger charge is -2.31. The molecule has 1 aliphatic carbocycles. The summed E-state index contributed by atoms with van der Waals surface area (Å²) in [7, 11) is 0. The predicted octanol–water partition coefficient (Wildman–Crippen LogP) is 2.98. The number of carbonyl (C=O) groups is 2. The van der Waals surface area contributed by atoms with Crippen molar-refractivity contribution in [3.63, 3.8) is 0 Å². The SMILES string of the molecule is N#CC1(NC(=O)COc2ccc(Br)cc2C=O)CCCCC1. The van der Waals surface area contributed by atoms with Gasteiger partial charge in [0.1, 0.15) is 11.3 Å². The van der Waals surface area contributed by atoms with Crippen LogP contribution in [0.5, 0.6) is 5.75 Å². The number of carbonyl (C=O) groups excluding carboxylic acids is 2. The molecule has 0 unspecified atom stereocenters. The fraction of sp³-hybridized carbons (Fsp3) is 0.438. The van der Waals surface area contributed by atoms with Crippen LogP contribution in [0, 0.1) is 11.3 Å². The quantitative estimate of drug-likeness (QED) is 0.814. The monoisotopic (exact) mass is 364 g/mol. The number of hydrogen-bond acceptors (Lipinski definition) is 4. The Labute approximate surface area is 137 Å². The van der Waals surface area contributed by atoms with Gasteiger partial charge in [-0.05, 0) is 31.0 Å². The number of nitrogens with zero attached hydrogens (tertiary/aromatic N) is 1. The van der Waals surface area contributed by atoms with Gasteiger partial charge in [0.05, 0.1) is 11.6 Å². The number of nitrogens with one attached hydrogen (secondary N) is 1. The average molecular weight is 365 g/mol. The molecule has 0 bridgehead atoms. The summed E-state index contributed by atoms with van der Waals surface area (Å²) >= 11 is 3.27. The summed E-state index contributed by atoms with van der Waals surface area (Å²) in [5, 5.41) is 12.1. The average Bonchev–Trinajstić information content (AvgIpc) is 2.54. The normalized spacial score (nSPS) is 16.4. The van der Waals surface area contributed by atoms with Gasteiger partial charge in [0, 0.05) is 4.47 Å². The van der Waals surface area contributed by atoms with E-state index in [1.54, 1.807) is 18.2 Å². The van der Waals surface area contributed by atoms with E-state index in [2.05, 4.69) is 27.3 Å². The van der Waals surface area contributed by atoms with Crippen molar-refractivity contribution >= 4 is 28.1 Å². The molecule has 0 heterocycles. The van der Waals surface area contributed by atoms with E-state index in [4.69, 9.17) is 4.74 Å². The van der Waals surface area contributed by atoms with Crippen LogP contribution in [0.2, 0.25) is 0 Å². The van der Waals surface area contributed by atoms with Crippen LogP contribution in [-0.2, 0) is 4.79 Å². The van der Waals surface area contributed by atoms with Crippen molar-refractivity contribution in [3.05, 3.63) is 28.2 Å². The van der Waals surface area contributed by atoms with Crippen molar-refractivity contribution < 1.29 is 14.3 Å². The Bertz CT molecular complexity index is 604. The first-order chi connectivity index (χ1) is 10.6. The molecule has 0 aromatic heterocycles. The highest BCUT2D eigenvalue weighted by atomic mass is 79.9. The summed E-state index contributed by atoms with van der Waals surface area (Å²) in [4.78, 5) is 23.0. The number of hydrogen-bond donors (Lipinski definition) is 1. The summed E-state index contributed by atoms with van der Waals surface area (Å²) in [6.07, 6.45) is 5.00. The standard InChI is InChI=1S/C16H17BrN2O3/c17-13-4-5-14(12(8-13)9-20)22-10-15(21)19-16(11-18)6-2-1-3-7-16/h4-5,8-9H,1-3,6-7,10H2,(H,19,21). The van der Waals surface area contributed by atoms with E-state index in [0.717, 1.165) is 23.7 Å². The zero-order chi connectivity index (χ0) is 16.0. The smallest absolute Gasteiger partial charge is 0.259 e. The fourth-order valence-electron chi connectivity index (χ4n) is 2.61. The van der Waals surface area contributed by atoms with E-state index >= 15 is 0 Å². The molecule has 0 spiro atoms. The third-order valence-corrected chi connectivity index (χ3v) is 4.25. The molecule has 0 radical (unpaired) electrons. The minimum Gasteiger partial charge on any atom is -0.483 e. The zero-order valence-electron chi connectivity index (χ0n) is 12.1. The summed E-state index contributed by atoms with van der Waals surface area (Å²) in [5.74, 6) is 0.00576. The van der Waals surface area contributed by atoms with Gasteiger partial charge in [-0.1, -0.05) is 35.2 Å². The lowest BCUT2D eigenvalue weighted by Crippen LogP contribution is -2.50. The summed E-state index contributed by atoms with van der Waals surface area (Å²) in [6.45, 7) is -0.216. The molecule has 1 saturated carbocycles. The van der Waals surface area contributed by atoms with Crippen LogP contribution >= 0.6 is 15.9 Å². The highest BCUT2D eigenvalue weighted by Crippen LogP contribution is 2.27. The lowest BCUT2D eigenvalue weighted by atomic mass is 9.83. The van der Waals surface area contributed by atoms with Crippen molar-refractivity contribution in [2.24, 2.45) is 0 Å². The molecule has 2 rings (SSSR count). The van der Waals surface area contributed by atoms with Crippen LogP contribution in [0.3, 0.4) is 0 Å². The van der Waals surface area contributed by atoms with Crippen LogP contribution in [-0.4, -0.2) is 24.3 Å². The Morgan fingerprint density at radius 3 is 2.77 bits per heavy atom. The van der Waals surface area contributed by atoms with E-state index in [-0.39, 0.29) is 12.5 Å². The molecule has 1 aliphatic rings. The second-order valence-corrected chi connectivity index (χ2v) is 6.31. The Morgan fingerprint density at radius 1 is 1.41 bits per heavy atom. The van der Waals surface area contributed by atoms with Crippen LogP contribution in [0.1, 0.15) is 42.5 Å². The molecule has 22 heavy (non-hydrogen) atoms. The number of aldehydes is 1. The van der Waals surface area contributed by atoms with Gasteiger partial charge in [0.15, 0.2) is 12.9 Å². The number of benzene rings is 1. The van der Waals surface area contributed by atoms with Gasteiger partial charge in [0.25, 0.3) is 5.91 Å². The van der Waals surface area contributed by atoms with E-state index < -0.39 is 5.54 Å². The number of ether oxygens (including phenoxy) is 1. The first-order valence-electron chi connectivity index (χ1n) is 7.18. The Morgan fingerprint density at radius 2 is 2.14 bits per heavy atom. The number of rotatable bonds is 5. The first-order valence-corrected chi connectivity index (χ1v) is 7.98. The highest BCUT2D eigenvalue weighted by Gasteiger charge is 2.33. The van der Waals surface area contributed by atoms with Gasteiger partial charge in [-0.15, -0.1) is 0 Å². The van der Waals surface area contributed by atoms with Crippen molar-refractivity contribution in [2.75, 3.05) is 6.61 Å². The molecule has 5 nitrogen and oxygen atoms in total. The maximum Gasteiger partial charge on any atom is 0.259 e. The van der Waals surface area contributed by atoms with Gasteiger partial charge >= 0.3 is 0 Å². The Balaban J connectivity index is 1.95. The second-order valence-electron chi connectivity index (χ2n) is 5.39. The predicted molar refractivity (Wildman–Crippen MR) is 84.6 cm³/mol. The topological polar surface area (TPSA) is 79.2 Å². The van der Waals surface area contributed by atoms with Gasteiger partial charge < -0.3 is 10.1 Å². The molecular weight excluding hydrogens is 348 g/mol. The molecule has 1 aromatic carbocycles. The van der Waals surface area contributed by atoms with Crippen LogP contribution in [0.4, 0.5) is 0 Å². The third kappa shape index (κ3) is 4.08. The van der Waals surface area contributed by atoms with E-state index in [9.17, 15) is 14.9 Å². The molecule has 1 aromatic rings. The molecule has 1 amide bonds. The zero-order valence-corrected chi connectivity index (χ0v) is 13.7. The molecule has 6 heteroatoms. The van der Waals surface area contributed by atoms with Crippen molar-refractivity contribution in [1.29, 1.82) is 5.26 Å². The molecule has 1 N–H and O–H groups in total. The summed E-state index contributed by atoms with van der Waals surface area (Å²) < 4.78 is 6.16. The highest BCUT2D eigenvalue weighted by molar-refractivity contribution is 9.10. The van der Waals surface area contributed by atoms with Crippen molar-refractivity contribution in [3.8, 4) is 11.8 Å². The van der Waals surface area contributed by atoms with Crippen LogP contribution in [0.15, 0.2) is 22.7 Å². The van der Waals surface area contributed by atoms with Crippen LogP contribution in [0.25, 0.3) is 0 Å². The Kier molecular flexibility index (Phi) is 5.56. The summed E-state index contributed by atoms with van der Waals surface area (Å²) in [5.41, 5.74) is -0.402. The minimum absolute atomic E-state index is 0.216. The maximum absolute atomic E-state index is 12.0. The summed E-state index contributed by atoms with van der Waals surface area (Å²) in [6, 6.07) is 7.21. The lowest BCUT2D eigenvalue weighted by molar-refractivity contribution is -0.124. The second kappa shape index (κ2) is 7.41. The molecule has 0 aliphatic heterocycles. The molecule has 116 valence electrons. The molecule has 1 fully saturated rings. The van der Waals surface area contributed by atoms with E-state index in [0.29, 0.717) is 30.4 Å². The van der Waals surface area contributed by atoms with E-state index in [1.165, 1.54) is 0 Å². The van der Waals surface area contributed by atoms with E-state index in [1.807, 2.05) is 0 Å². The van der Waals surface area contributed by atoms with Gasteiger partial charge in [-0.25, -0.2) is 0 Å². The first kappa shape index (κ1) is 16.5. The third-order valence-electron chi connectivity index (χ3n) is 3.76. The molecular formula is C16H17BrN2O3. The van der Waals surface area contributed by atoms with Crippen LogP contribution < -0.4 is 10.1 Å². The maximum atomic E-state index is 12.0. The number of halogens is 1. The number of amides is 1.